The van der Waals surface area contributed by atoms with Gasteiger partial charge in [-0.15, -0.1) is 0 Å². The monoisotopic (exact) mass is 243 g/mol. The molecule has 0 spiro atoms. The van der Waals surface area contributed by atoms with E-state index in [-0.39, 0.29) is 5.91 Å². The summed E-state index contributed by atoms with van der Waals surface area (Å²) in [7, 11) is 0. The van der Waals surface area contributed by atoms with E-state index in [1.54, 1.807) is 25.3 Å². The largest absolute Gasteiger partial charge is 0.323 e. The lowest BCUT2D eigenvalue weighted by Gasteiger charge is -2.06. The van der Waals surface area contributed by atoms with Crippen molar-refractivity contribution < 1.29 is 4.79 Å². The van der Waals surface area contributed by atoms with E-state index < -0.39 is 6.04 Å². The third-order valence-corrected chi connectivity index (χ3v) is 1.88. The summed E-state index contributed by atoms with van der Waals surface area (Å²) in [6, 6.07) is 2.98. The van der Waals surface area contributed by atoms with Crippen LogP contribution in [0.1, 0.15) is 6.92 Å². The number of nitrogens with one attached hydrogen (secondary N) is 1. The number of aromatic nitrogens is 1. The summed E-state index contributed by atoms with van der Waals surface area (Å²) in [6.07, 6.45) is 1.56. The van der Waals surface area contributed by atoms with Gasteiger partial charge >= 0.3 is 0 Å². The molecular weight excluding hydrogens is 234 g/mol. The first-order chi connectivity index (χ1) is 6.09. The maximum atomic E-state index is 11.1. The number of halogens is 1. The zero-order chi connectivity index (χ0) is 9.84. The van der Waals surface area contributed by atoms with Gasteiger partial charge in [0.1, 0.15) is 4.60 Å². The molecule has 1 aromatic heterocycles. The number of nitrogens with zero attached hydrogens (tertiary/aromatic N) is 1. The van der Waals surface area contributed by atoms with Gasteiger partial charge in [0.05, 0.1) is 17.9 Å². The molecule has 3 N–H and O–H groups in total. The van der Waals surface area contributed by atoms with E-state index in [0.717, 1.165) is 4.60 Å². The minimum atomic E-state index is -0.511. The second-order valence-electron chi connectivity index (χ2n) is 2.65. The fraction of sp³-hybridized carbons (Fsp3) is 0.250. The Kier molecular flexibility index (Phi) is 3.39. The summed E-state index contributed by atoms with van der Waals surface area (Å²) in [6.45, 7) is 1.63. The Balaban J connectivity index is 2.65. The Bertz CT molecular complexity index is 297. The number of anilines is 1. The Labute approximate surface area is 84.7 Å². The van der Waals surface area contributed by atoms with Crippen LogP contribution in [0.3, 0.4) is 0 Å². The van der Waals surface area contributed by atoms with Gasteiger partial charge in [0.25, 0.3) is 0 Å². The fourth-order valence-electron chi connectivity index (χ4n) is 0.706. The molecule has 0 saturated carbocycles. The molecular formula is C8H10BrN3O. The first-order valence-corrected chi connectivity index (χ1v) is 4.57. The Morgan fingerprint density at radius 1 is 1.69 bits per heavy atom. The first-order valence-electron chi connectivity index (χ1n) is 3.77. The molecule has 0 aromatic carbocycles. The van der Waals surface area contributed by atoms with Crippen LogP contribution in [-0.4, -0.2) is 16.9 Å². The van der Waals surface area contributed by atoms with Crippen molar-refractivity contribution in [2.45, 2.75) is 13.0 Å². The molecule has 1 atom stereocenters. The van der Waals surface area contributed by atoms with Crippen LogP contribution in [-0.2, 0) is 4.79 Å². The maximum absolute atomic E-state index is 11.1. The van der Waals surface area contributed by atoms with E-state index >= 15 is 0 Å². The smallest absolute Gasteiger partial charge is 0.241 e. The van der Waals surface area contributed by atoms with E-state index in [2.05, 4.69) is 26.2 Å². The number of hydrogen-bond donors (Lipinski definition) is 2. The molecule has 1 unspecified atom stereocenters. The predicted octanol–water partition coefficient (Wildman–Crippen LogP) is 1.13. The van der Waals surface area contributed by atoms with Crippen molar-refractivity contribution in [2.75, 3.05) is 5.32 Å². The molecule has 0 aliphatic rings. The summed E-state index contributed by atoms with van der Waals surface area (Å²) < 4.78 is 0.728. The van der Waals surface area contributed by atoms with Crippen molar-refractivity contribution in [2.24, 2.45) is 5.73 Å². The number of amides is 1. The number of nitrogens with two attached hydrogens (primary N) is 1. The van der Waals surface area contributed by atoms with Gasteiger partial charge in [0.2, 0.25) is 5.91 Å². The van der Waals surface area contributed by atoms with Gasteiger partial charge in [-0.2, -0.15) is 0 Å². The number of carbonyl (C=O) groups is 1. The van der Waals surface area contributed by atoms with Crippen molar-refractivity contribution in [3.05, 3.63) is 22.9 Å². The average Bonchev–Trinajstić information content (AvgIpc) is 2.08. The Morgan fingerprint density at radius 3 is 2.85 bits per heavy atom. The molecule has 0 saturated heterocycles. The number of carbonyl (C=O) groups excluding carboxylic acids is 1. The van der Waals surface area contributed by atoms with Crippen LogP contribution in [0.25, 0.3) is 0 Å². The Morgan fingerprint density at radius 2 is 2.38 bits per heavy atom. The average molecular weight is 244 g/mol. The lowest BCUT2D eigenvalue weighted by molar-refractivity contribution is -0.117. The van der Waals surface area contributed by atoms with Gasteiger partial charge in [0.15, 0.2) is 0 Å². The molecule has 1 aromatic rings. The normalized spacial score (nSPS) is 12.2. The highest BCUT2D eigenvalue weighted by Crippen LogP contribution is 2.10. The third kappa shape index (κ3) is 3.12. The van der Waals surface area contributed by atoms with Crippen LogP contribution in [0.5, 0.6) is 0 Å². The summed E-state index contributed by atoms with van der Waals surface area (Å²) in [5.41, 5.74) is 6.02. The van der Waals surface area contributed by atoms with Gasteiger partial charge in [-0.05, 0) is 35.0 Å². The zero-order valence-corrected chi connectivity index (χ0v) is 8.71. The molecule has 5 heteroatoms. The van der Waals surface area contributed by atoms with E-state index in [0.29, 0.717) is 5.69 Å². The van der Waals surface area contributed by atoms with Gasteiger partial charge in [-0.1, -0.05) is 0 Å². The van der Waals surface area contributed by atoms with Crippen LogP contribution >= 0.6 is 15.9 Å². The summed E-state index contributed by atoms with van der Waals surface area (Å²) >= 11 is 3.19. The highest BCUT2D eigenvalue weighted by Gasteiger charge is 2.06. The van der Waals surface area contributed by atoms with E-state index in [1.807, 2.05) is 0 Å². The minimum Gasteiger partial charge on any atom is -0.323 e. The molecule has 1 heterocycles. The van der Waals surface area contributed by atoms with E-state index in [1.165, 1.54) is 0 Å². The lowest BCUT2D eigenvalue weighted by Crippen LogP contribution is -2.32. The summed E-state index contributed by atoms with van der Waals surface area (Å²) in [5, 5.41) is 2.62. The van der Waals surface area contributed by atoms with Crippen LogP contribution in [0.15, 0.2) is 22.9 Å². The molecule has 0 aliphatic heterocycles. The third-order valence-electron chi connectivity index (χ3n) is 1.41. The van der Waals surface area contributed by atoms with Gasteiger partial charge in [0, 0.05) is 0 Å². The molecule has 0 fully saturated rings. The molecule has 1 amide bonds. The lowest BCUT2D eigenvalue weighted by atomic mass is 10.3. The van der Waals surface area contributed by atoms with Crippen molar-refractivity contribution in [1.29, 1.82) is 0 Å². The quantitative estimate of drug-likeness (QED) is 0.766. The zero-order valence-electron chi connectivity index (χ0n) is 7.12. The second-order valence-corrected chi connectivity index (χ2v) is 3.46. The van der Waals surface area contributed by atoms with Gasteiger partial charge < -0.3 is 11.1 Å². The molecule has 4 nitrogen and oxygen atoms in total. The van der Waals surface area contributed by atoms with Crippen LogP contribution in [0, 0.1) is 0 Å². The van der Waals surface area contributed by atoms with E-state index in [4.69, 9.17) is 5.73 Å². The summed E-state index contributed by atoms with van der Waals surface area (Å²) in [4.78, 5) is 15.1. The fourth-order valence-corrected chi connectivity index (χ4v) is 0.940. The number of rotatable bonds is 2. The molecule has 0 radical (unpaired) electrons. The first kappa shape index (κ1) is 10.1. The molecule has 13 heavy (non-hydrogen) atoms. The molecule has 0 aliphatic carbocycles. The second kappa shape index (κ2) is 4.34. The number of pyridine rings is 1. The Hall–Kier alpha value is -0.940. The molecule has 70 valence electrons. The predicted molar refractivity (Wildman–Crippen MR) is 54.2 cm³/mol. The van der Waals surface area contributed by atoms with Crippen LogP contribution < -0.4 is 11.1 Å². The van der Waals surface area contributed by atoms with E-state index in [9.17, 15) is 4.79 Å². The highest BCUT2D eigenvalue weighted by atomic mass is 79.9. The summed E-state index contributed by atoms with van der Waals surface area (Å²) in [5.74, 6) is -0.218. The van der Waals surface area contributed by atoms with Crippen LogP contribution in [0.4, 0.5) is 5.69 Å². The maximum Gasteiger partial charge on any atom is 0.241 e. The van der Waals surface area contributed by atoms with Crippen molar-refractivity contribution in [3.8, 4) is 0 Å². The highest BCUT2D eigenvalue weighted by molar-refractivity contribution is 9.10. The SMILES string of the molecule is CC(N)C(=O)Nc1ccc(Br)nc1. The number of hydrogen-bond acceptors (Lipinski definition) is 3. The van der Waals surface area contributed by atoms with Gasteiger partial charge in [-0.25, -0.2) is 4.98 Å². The van der Waals surface area contributed by atoms with Crippen LogP contribution in [0.2, 0.25) is 0 Å². The molecule has 1 rings (SSSR count). The van der Waals surface area contributed by atoms with Crippen molar-refractivity contribution in [3.63, 3.8) is 0 Å². The topological polar surface area (TPSA) is 68.0 Å². The standard InChI is InChI=1S/C8H10BrN3O/c1-5(10)8(13)12-6-2-3-7(9)11-4-6/h2-5H,10H2,1H3,(H,12,13). The van der Waals surface area contributed by atoms with Gasteiger partial charge in [-0.3, -0.25) is 4.79 Å². The van der Waals surface area contributed by atoms with Crippen molar-refractivity contribution in [1.82, 2.24) is 4.98 Å². The minimum absolute atomic E-state index is 0.218. The molecule has 0 bridgehead atoms. The van der Waals surface area contributed by atoms with Crippen molar-refractivity contribution >= 4 is 27.5 Å².